The molecule has 2 N–H and O–H groups in total. The number of aliphatic hydroxyl groups is 1. The average molecular weight is 341 g/mol. The molecule has 1 aromatic carbocycles. The summed E-state index contributed by atoms with van der Waals surface area (Å²) in [5.74, 6) is -0.318. The van der Waals surface area contributed by atoms with Crippen LogP contribution >= 0.6 is 11.6 Å². The molecule has 1 aliphatic heterocycles. The van der Waals surface area contributed by atoms with Crippen molar-refractivity contribution in [3.05, 3.63) is 34.9 Å². The van der Waals surface area contributed by atoms with Gasteiger partial charge in [-0.3, -0.25) is 9.69 Å². The van der Waals surface area contributed by atoms with Gasteiger partial charge in [0.1, 0.15) is 5.54 Å². The Hall–Kier alpha value is -1.63. The molecule has 0 unspecified atom stereocenters. The third kappa shape index (κ3) is 4.22. The predicted octanol–water partition coefficient (Wildman–Crippen LogP) is 1.94. The van der Waals surface area contributed by atoms with Crippen LogP contribution in [0.5, 0.6) is 0 Å². The molecule has 2 rings (SSSR count). The number of β-amino-alcohol motifs (C(OH)–C–C–N with tert-alkyl or cyclic N) is 1. The van der Waals surface area contributed by atoms with Gasteiger partial charge in [0.05, 0.1) is 25.9 Å². The Kier molecular flexibility index (Phi) is 5.62. The van der Waals surface area contributed by atoms with Crippen molar-refractivity contribution in [2.45, 2.75) is 38.5 Å². The van der Waals surface area contributed by atoms with Gasteiger partial charge >= 0.3 is 6.03 Å². The number of nitrogens with zero attached hydrogens (tertiary/aromatic N) is 1. The standard InChI is InChI=1S/C16H21ClN2O4/c1-3-16(2)14(21)19(15(22)18-16)8-13(20)10-23-9-11-4-6-12(17)7-5-11/h4-7,13,20H,3,8-10H2,1-2H3,(H,18,22)/t13-,16-/m1/s1. The summed E-state index contributed by atoms with van der Waals surface area (Å²) in [7, 11) is 0. The first-order valence-electron chi connectivity index (χ1n) is 7.50. The second-order valence-corrected chi connectivity index (χ2v) is 6.26. The average Bonchev–Trinajstić information content (AvgIpc) is 2.73. The second-order valence-electron chi connectivity index (χ2n) is 5.83. The SMILES string of the molecule is CC[C@@]1(C)NC(=O)N(C[C@@H](O)COCc2ccc(Cl)cc2)C1=O. The first kappa shape index (κ1) is 17.7. The lowest BCUT2D eigenvalue weighted by atomic mass is 9.99. The van der Waals surface area contributed by atoms with Crippen molar-refractivity contribution in [3.63, 3.8) is 0 Å². The van der Waals surface area contributed by atoms with E-state index in [1.165, 1.54) is 0 Å². The van der Waals surface area contributed by atoms with E-state index in [0.717, 1.165) is 10.5 Å². The highest BCUT2D eigenvalue weighted by Gasteiger charge is 2.46. The Balaban J connectivity index is 1.80. The molecule has 1 fully saturated rings. The summed E-state index contributed by atoms with van der Waals surface area (Å²) in [6.07, 6.45) is -0.437. The number of imide groups is 1. The quantitative estimate of drug-likeness (QED) is 0.743. The topological polar surface area (TPSA) is 78.9 Å². The molecule has 0 bridgehead atoms. The number of hydrogen-bond acceptors (Lipinski definition) is 4. The van der Waals surface area contributed by atoms with Crippen LogP contribution in [0.4, 0.5) is 4.79 Å². The fraction of sp³-hybridized carbons (Fsp3) is 0.500. The van der Waals surface area contributed by atoms with Crippen molar-refractivity contribution in [3.8, 4) is 0 Å². The largest absolute Gasteiger partial charge is 0.389 e. The van der Waals surface area contributed by atoms with Gasteiger partial charge in [0.2, 0.25) is 0 Å². The maximum atomic E-state index is 12.2. The summed E-state index contributed by atoms with van der Waals surface area (Å²) in [5, 5.41) is 13.3. The summed E-state index contributed by atoms with van der Waals surface area (Å²) >= 11 is 5.80. The molecule has 126 valence electrons. The second kappa shape index (κ2) is 7.29. The van der Waals surface area contributed by atoms with Gasteiger partial charge in [-0.25, -0.2) is 4.79 Å². The number of ether oxygens (including phenoxy) is 1. The van der Waals surface area contributed by atoms with Crippen LogP contribution in [0.15, 0.2) is 24.3 Å². The number of halogens is 1. The number of benzene rings is 1. The molecule has 6 nitrogen and oxygen atoms in total. The smallest absolute Gasteiger partial charge is 0.325 e. The molecule has 1 aliphatic rings. The lowest BCUT2D eigenvalue weighted by molar-refractivity contribution is -0.132. The van der Waals surface area contributed by atoms with E-state index in [9.17, 15) is 14.7 Å². The van der Waals surface area contributed by atoms with Crippen LogP contribution in [-0.2, 0) is 16.1 Å². The minimum atomic E-state index is -0.934. The summed E-state index contributed by atoms with van der Waals surface area (Å²) in [4.78, 5) is 25.1. The summed E-state index contributed by atoms with van der Waals surface area (Å²) in [5.41, 5.74) is 0.0381. The minimum absolute atomic E-state index is 0.0303. The van der Waals surface area contributed by atoms with Crippen LogP contribution in [0.3, 0.4) is 0 Å². The third-order valence-electron chi connectivity index (χ3n) is 3.94. The van der Waals surface area contributed by atoms with Gasteiger partial charge in [0.15, 0.2) is 0 Å². The normalized spacial score (nSPS) is 22.3. The van der Waals surface area contributed by atoms with E-state index in [0.29, 0.717) is 18.1 Å². The Labute approximate surface area is 140 Å². The Bertz CT molecular complexity index is 578. The van der Waals surface area contributed by atoms with Crippen molar-refractivity contribution in [1.29, 1.82) is 0 Å². The highest BCUT2D eigenvalue weighted by molar-refractivity contribution is 6.30. The minimum Gasteiger partial charge on any atom is -0.389 e. The Morgan fingerprint density at radius 1 is 1.35 bits per heavy atom. The summed E-state index contributed by atoms with van der Waals surface area (Å²) < 4.78 is 5.42. The van der Waals surface area contributed by atoms with Gasteiger partial charge in [0, 0.05) is 5.02 Å². The van der Waals surface area contributed by atoms with Crippen LogP contribution in [-0.4, -0.2) is 46.7 Å². The molecule has 0 saturated carbocycles. The number of aliphatic hydroxyl groups excluding tert-OH is 1. The zero-order valence-corrected chi connectivity index (χ0v) is 14.0. The van der Waals surface area contributed by atoms with E-state index in [1.807, 2.05) is 19.1 Å². The number of rotatable bonds is 7. The number of urea groups is 1. The lowest BCUT2D eigenvalue weighted by Crippen LogP contribution is -2.44. The van der Waals surface area contributed by atoms with Gasteiger partial charge in [-0.2, -0.15) is 0 Å². The number of carbonyl (C=O) groups excluding carboxylic acids is 2. The van der Waals surface area contributed by atoms with Crippen LogP contribution < -0.4 is 5.32 Å². The molecule has 3 amide bonds. The van der Waals surface area contributed by atoms with Crippen molar-refractivity contribution in [2.24, 2.45) is 0 Å². The van der Waals surface area contributed by atoms with E-state index in [1.54, 1.807) is 19.1 Å². The Morgan fingerprint density at radius 3 is 2.57 bits per heavy atom. The maximum absolute atomic E-state index is 12.2. The predicted molar refractivity (Wildman–Crippen MR) is 86.1 cm³/mol. The molecule has 7 heteroatoms. The molecule has 1 aromatic rings. The van der Waals surface area contributed by atoms with Gasteiger partial charge in [-0.05, 0) is 31.0 Å². The molecule has 0 spiro atoms. The van der Waals surface area contributed by atoms with Crippen LogP contribution in [0.1, 0.15) is 25.8 Å². The van der Waals surface area contributed by atoms with Crippen LogP contribution in [0.25, 0.3) is 0 Å². The van der Waals surface area contributed by atoms with Crippen molar-refractivity contribution in [2.75, 3.05) is 13.2 Å². The third-order valence-corrected chi connectivity index (χ3v) is 4.19. The molecule has 0 radical (unpaired) electrons. The Morgan fingerprint density at radius 2 is 2.00 bits per heavy atom. The molecular weight excluding hydrogens is 320 g/mol. The van der Waals surface area contributed by atoms with Gasteiger partial charge in [-0.15, -0.1) is 0 Å². The molecule has 2 atom stereocenters. The number of hydrogen-bond donors (Lipinski definition) is 2. The van der Waals surface area contributed by atoms with E-state index in [-0.39, 0.29) is 19.1 Å². The van der Waals surface area contributed by atoms with E-state index in [4.69, 9.17) is 16.3 Å². The number of amides is 3. The van der Waals surface area contributed by atoms with Gasteiger partial charge in [0.25, 0.3) is 5.91 Å². The highest BCUT2D eigenvalue weighted by atomic mass is 35.5. The summed E-state index contributed by atoms with van der Waals surface area (Å²) in [6, 6.07) is 6.71. The van der Waals surface area contributed by atoms with Crippen molar-refractivity contribution < 1.29 is 19.4 Å². The van der Waals surface area contributed by atoms with Gasteiger partial charge in [-0.1, -0.05) is 30.7 Å². The lowest BCUT2D eigenvalue weighted by Gasteiger charge is -2.21. The van der Waals surface area contributed by atoms with E-state index < -0.39 is 17.7 Å². The molecule has 23 heavy (non-hydrogen) atoms. The molecular formula is C16H21ClN2O4. The zero-order valence-electron chi connectivity index (χ0n) is 13.2. The molecule has 0 aromatic heterocycles. The van der Waals surface area contributed by atoms with E-state index in [2.05, 4.69) is 5.32 Å². The first-order chi connectivity index (χ1) is 10.9. The van der Waals surface area contributed by atoms with Crippen molar-refractivity contribution in [1.82, 2.24) is 10.2 Å². The maximum Gasteiger partial charge on any atom is 0.325 e. The number of carbonyl (C=O) groups is 2. The van der Waals surface area contributed by atoms with Gasteiger partial charge < -0.3 is 15.2 Å². The van der Waals surface area contributed by atoms with Crippen molar-refractivity contribution >= 4 is 23.5 Å². The summed E-state index contributed by atoms with van der Waals surface area (Å²) in [6.45, 7) is 3.77. The fourth-order valence-corrected chi connectivity index (χ4v) is 2.44. The zero-order chi connectivity index (χ0) is 17.0. The molecule has 1 heterocycles. The molecule has 0 aliphatic carbocycles. The fourth-order valence-electron chi connectivity index (χ4n) is 2.31. The highest BCUT2D eigenvalue weighted by Crippen LogP contribution is 2.21. The monoisotopic (exact) mass is 340 g/mol. The van der Waals surface area contributed by atoms with Crippen LogP contribution in [0, 0.1) is 0 Å². The van der Waals surface area contributed by atoms with Crippen LogP contribution in [0.2, 0.25) is 5.02 Å². The number of nitrogens with one attached hydrogen (secondary N) is 1. The first-order valence-corrected chi connectivity index (χ1v) is 7.88. The van der Waals surface area contributed by atoms with E-state index >= 15 is 0 Å². The molecule has 1 saturated heterocycles.